The summed E-state index contributed by atoms with van der Waals surface area (Å²) < 4.78 is 0. The third-order valence-corrected chi connectivity index (χ3v) is 4.20. The van der Waals surface area contributed by atoms with Crippen LogP contribution in [0.4, 0.5) is 0 Å². The average Bonchev–Trinajstić information content (AvgIpc) is 2.73. The number of likely N-dealkylation sites (N-methyl/N-ethyl adjacent to an activating group) is 1. The van der Waals surface area contributed by atoms with Crippen LogP contribution < -0.4 is 11.1 Å². The third-order valence-electron chi connectivity index (χ3n) is 3.11. The van der Waals surface area contributed by atoms with E-state index in [1.165, 1.54) is 10.4 Å². The van der Waals surface area contributed by atoms with E-state index in [1.54, 1.807) is 11.3 Å². The number of rotatable bonds is 7. The van der Waals surface area contributed by atoms with Crippen LogP contribution in [-0.4, -0.2) is 37.0 Å². The van der Waals surface area contributed by atoms with E-state index in [2.05, 4.69) is 23.7 Å². The second-order valence-electron chi connectivity index (χ2n) is 5.04. The largest absolute Gasteiger partial charge is 0.355 e. The van der Waals surface area contributed by atoms with Crippen molar-refractivity contribution in [2.75, 3.05) is 20.1 Å². The Morgan fingerprint density at radius 2 is 2.26 bits per heavy atom. The van der Waals surface area contributed by atoms with E-state index < -0.39 is 0 Å². The molecule has 0 fully saturated rings. The van der Waals surface area contributed by atoms with E-state index >= 15 is 0 Å². The van der Waals surface area contributed by atoms with Gasteiger partial charge in [0, 0.05) is 17.5 Å². The first kappa shape index (κ1) is 16.1. The molecule has 1 heterocycles. The molecule has 0 saturated heterocycles. The number of hydrogen-bond acceptors (Lipinski definition) is 4. The van der Waals surface area contributed by atoms with Crippen LogP contribution in [0.3, 0.4) is 0 Å². The Kier molecular flexibility index (Phi) is 6.48. The Morgan fingerprint density at radius 1 is 1.58 bits per heavy atom. The Bertz CT molecular complexity index is 403. The fraction of sp³-hybridized carbons (Fsp3) is 0.643. The van der Waals surface area contributed by atoms with Crippen LogP contribution >= 0.6 is 11.3 Å². The smallest absolute Gasteiger partial charge is 0.234 e. The fourth-order valence-corrected chi connectivity index (χ4v) is 3.38. The lowest BCUT2D eigenvalue weighted by molar-refractivity contribution is -0.122. The van der Waals surface area contributed by atoms with Gasteiger partial charge in [0.25, 0.3) is 0 Å². The van der Waals surface area contributed by atoms with E-state index in [0.29, 0.717) is 6.54 Å². The number of thiophene rings is 1. The number of nitrogens with zero attached hydrogens (tertiary/aromatic N) is 1. The van der Waals surface area contributed by atoms with Gasteiger partial charge in [-0.1, -0.05) is 6.92 Å². The lowest BCUT2D eigenvalue weighted by Crippen LogP contribution is -2.42. The van der Waals surface area contributed by atoms with Gasteiger partial charge in [-0.3, -0.25) is 9.69 Å². The minimum atomic E-state index is -0.0127. The van der Waals surface area contributed by atoms with Crippen LogP contribution in [-0.2, 0) is 4.79 Å². The van der Waals surface area contributed by atoms with Gasteiger partial charge in [-0.25, -0.2) is 0 Å². The highest BCUT2D eigenvalue weighted by Crippen LogP contribution is 2.29. The van der Waals surface area contributed by atoms with Crippen molar-refractivity contribution in [3.63, 3.8) is 0 Å². The maximum atomic E-state index is 11.8. The molecule has 2 unspecified atom stereocenters. The van der Waals surface area contributed by atoms with Crippen molar-refractivity contribution in [3.8, 4) is 0 Å². The number of hydrogen-bond donors (Lipinski definition) is 2. The Balaban J connectivity index is 2.72. The van der Waals surface area contributed by atoms with Gasteiger partial charge in [0.2, 0.25) is 5.91 Å². The summed E-state index contributed by atoms with van der Waals surface area (Å²) in [6.07, 6.45) is 0.955. The van der Waals surface area contributed by atoms with E-state index in [9.17, 15) is 4.79 Å². The highest BCUT2D eigenvalue weighted by atomic mass is 32.1. The molecule has 1 amide bonds. The second-order valence-corrected chi connectivity index (χ2v) is 5.98. The van der Waals surface area contributed by atoms with E-state index in [1.807, 2.05) is 25.8 Å². The minimum Gasteiger partial charge on any atom is -0.355 e. The third kappa shape index (κ3) is 4.60. The van der Waals surface area contributed by atoms with E-state index in [0.717, 1.165) is 13.0 Å². The average molecular weight is 283 g/mol. The number of carbonyl (C=O) groups is 1. The van der Waals surface area contributed by atoms with Crippen LogP contribution in [0, 0.1) is 6.92 Å². The SMILES string of the molecule is CCCNC(=O)CN(C)C(c1sccc1C)C(C)N. The van der Waals surface area contributed by atoms with Gasteiger partial charge in [-0.05, 0) is 44.3 Å². The number of nitrogens with one attached hydrogen (secondary N) is 1. The topological polar surface area (TPSA) is 58.4 Å². The monoisotopic (exact) mass is 283 g/mol. The molecule has 5 heteroatoms. The minimum absolute atomic E-state index is 0.0127. The summed E-state index contributed by atoms with van der Waals surface area (Å²) in [7, 11) is 1.96. The van der Waals surface area contributed by atoms with Crippen molar-refractivity contribution in [1.82, 2.24) is 10.2 Å². The zero-order chi connectivity index (χ0) is 14.4. The summed E-state index contributed by atoms with van der Waals surface area (Å²) in [6.45, 7) is 7.23. The van der Waals surface area contributed by atoms with Crippen molar-refractivity contribution in [3.05, 3.63) is 21.9 Å². The predicted molar refractivity (Wildman–Crippen MR) is 81.4 cm³/mol. The van der Waals surface area contributed by atoms with Crippen LogP contribution in [0.1, 0.15) is 36.8 Å². The molecule has 0 spiro atoms. The quantitative estimate of drug-likeness (QED) is 0.803. The van der Waals surface area contributed by atoms with E-state index in [4.69, 9.17) is 5.73 Å². The number of nitrogens with two attached hydrogens (primary N) is 1. The summed E-state index contributed by atoms with van der Waals surface area (Å²) in [5, 5.41) is 4.97. The zero-order valence-electron chi connectivity index (χ0n) is 12.3. The van der Waals surface area contributed by atoms with Gasteiger partial charge in [-0.2, -0.15) is 0 Å². The van der Waals surface area contributed by atoms with Crippen LogP contribution in [0.5, 0.6) is 0 Å². The molecule has 0 radical (unpaired) electrons. The Morgan fingerprint density at radius 3 is 2.74 bits per heavy atom. The molecule has 2 atom stereocenters. The Hall–Kier alpha value is -0.910. The molecule has 3 N–H and O–H groups in total. The molecule has 4 nitrogen and oxygen atoms in total. The van der Waals surface area contributed by atoms with Gasteiger partial charge in [-0.15, -0.1) is 11.3 Å². The number of aryl methyl sites for hydroxylation is 1. The summed E-state index contributed by atoms with van der Waals surface area (Å²) in [6, 6.07) is 2.18. The standard InChI is InChI=1S/C14H25N3OS/c1-5-7-16-12(18)9-17(4)13(11(3)15)14-10(2)6-8-19-14/h6,8,11,13H,5,7,9,15H2,1-4H3,(H,16,18). The highest BCUT2D eigenvalue weighted by molar-refractivity contribution is 7.10. The van der Waals surface area contributed by atoms with Gasteiger partial charge in [0.1, 0.15) is 0 Å². The highest BCUT2D eigenvalue weighted by Gasteiger charge is 2.25. The normalized spacial score (nSPS) is 14.4. The second kappa shape index (κ2) is 7.62. The molecule has 19 heavy (non-hydrogen) atoms. The molecule has 0 aromatic carbocycles. The first-order valence-electron chi connectivity index (χ1n) is 6.73. The zero-order valence-corrected chi connectivity index (χ0v) is 13.1. The molecule has 0 bridgehead atoms. The maximum Gasteiger partial charge on any atom is 0.234 e. The number of carbonyl (C=O) groups excluding carboxylic acids is 1. The molecule has 0 saturated carbocycles. The van der Waals surface area contributed by atoms with Gasteiger partial charge >= 0.3 is 0 Å². The fourth-order valence-electron chi connectivity index (χ4n) is 2.17. The molecule has 0 aliphatic rings. The molecular weight excluding hydrogens is 258 g/mol. The van der Waals surface area contributed by atoms with Gasteiger partial charge in [0.05, 0.1) is 12.6 Å². The molecule has 0 aliphatic heterocycles. The summed E-state index contributed by atoms with van der Waals surface area (Å²) in [5.74, 6) is 0.0595. The summed E-state index contributed by atoms with van der Waals surface area (Å²) in [4.78, 5) is 15.1. The maximum absolute atomic E-state index is 11.8. The summed E-state index contributed by atoms with van der Waals surface area (Å²) in [5.41, 5.74) is 7.35. The molecule has 0 aliphatic carbocycles. The molecule has 108 valence electrons. The van der Waals surface area contributed by atoms with Crippen molar-refractivity contribution >= 4 is 17.2 Å². The molecule has 1 aromatic rings. The number of amides is 1. The van der Waals surface area contributed by atoms with Gasteiger partial charge < -0.3 is 11.1 Å². The van der Waals surface area contributed by atoms with Gasteiger partial charge in [0.15, 0.2) is 0 Å². The van der Waals surface area contributed by atoms with Crippen molar-refractivity contribution in [2.45, 2.75) is 39.3 Å². The summed E-state index contributed by atoms with van der Waals surface area (Å²) >= 11 is 1.71. The lowest BCUT2D eigenvalue weighted by atomic mass is 10.0. The first-order valence-corrected chi connectivity index (χ1v) is 7.61. The van der Waals surface area contributed by atoms with Crippen molar-refractivity contribution < 1.29 is 4.79 Å². The van der Waals surface area contributed by atoms with Crippen molar-refractivity contribution in [1.29, 1.82) is 0 Å². The predicted octanol–water partition coefficient (Wildman–Crippen LogP) is 1.90. The molecule has 1 aromatic heterocycles. The lowest BCUT2D eigenvalue weighted by Gasteiger charge is -2.30. The first-order chi connectivity index (χ1) is 8.97. The molecular formula is C14H25N3OS. The van der Waals surface area contributed by atoms with E-state index in [-0.39, 0.29) is 18.0 Å². The van der Waals surface area contributed by atoms with Crippen LogP contribution in [0.25, 0.3) is 0 Å². The van der Waals surface area contributed by atoms with Crippen LogP contribution in [0.15, 0.2) is 11.4 Å². The Labute approximate surface area is 120 Å². The molecule has 1 rings (SSSR count). The van der Waals surface area contributed by atoms with Crippen molar-refractivity contribution in [2.24, 2.45) is 5.73 Å². The van der Waals surface area contributed by atoms with Crippen LogP contribution in [0.2, 0.25) is 0 Å².